The zero-order valence-electron chi connectivity index (χ0n) is 8.91. The van der Waals surface area contributed by atoms with Crippen LogP contribution in [-0.2, 0) is 0 Å². The monoisotopic (exact) mass is 237 g/mol. The van der Waals surface area contributed by atoms with Crippen molar-refractivity contribution in [3.05, 3.63) is 23.5 Å². The normalized spacial score (nSPS) is 12.4. The Kier molecular flexibility index (Phi) is 3.12. The Hall–Kier alpha value is -1.53. The van der Waals surface area contributed by atoms with E-state index in [1.54, 1.807) is 26.3 Å². The summed E-state index contributed by atoms with van der Waals surface area (Å²) in [4.78, 5) is 13.0. The van der Waals surface area contributed by atoms with Crippen LogP contribution in [0.1, 0.15) is 17.9 Å². The van der Waals surface area contributed by atoms with Crippen LogP contribution >= 0.6 is 11.3 Å². The maximum Gasteiger partial charge on any atom is 0.216 e. The number of nitrogens with zero attached hydrogens (tertiary/aromatic N) is 3. The molecule has 1 atom stereocenters. The molecule has 0 saturated carbocycles. The molecule has 0 aromatic carbocycles. The number of thiazole rings is 1. The first-order chi connectivity index (χ1) is 7.70. The average Bonchev–Trinajstić information content (AvgIpc) is 2.78. The molecule has 0 fully saturated rings. The van der Waals surface area contributed by atoms with Gasteiger partial charge in [-0.05, 0) is 6.92 Å². The van der Waals surface area contributed by atoms with E-state index in [1.807, 2.05) is 0 Å². The van der Waals surface area contributed by atoms with Crippen molar-refractivity contribution >= 4 is 11.3 Å². The van der Waals surface area contributed by atoms with Crippen LogP contribution in [0.5, 0.6) is 5.88 Å². The summed E-state index contributed by atoms with van der Waals surface area (Å²) in [6.07, 6.45) is 2.58. The second kappa shape index (κ2) is 4.54. The molecule has 0 aliphatic heterocycles. The summed E-state index contributed by atoms with van der Waals surface area (Å²) >= 11 is 1.41. The van der Waals surface area contributed by atoms with Crippen LogP contribution in [0.2, 0.25) is 0 Å². The highest BCUT2D eigenvalue weighted by atomic mass is 32.1. The van der Waals surface area contributed by atoms with Gasteiger partial charge in [0.05, 0.1) is 18.1 Å². The first-order valence-corrected chi connectivity index (χ1v) is 5.52. The molecule has 0 aliphatic rings. The summed E-state index contributed by atoms with van der Waals surface area (Å²) in [6, 6.07) is 1.71. The third-order valence-corrected chi connectivity index (χ3v) is 3.20. The Bertz CT molecular complexity index is 484. The summed E-state index contributed by atoms with van der Waals surface area (Å²) in [5.74, 6) is 0.499. The van der Waals surface area contributed by atoms with Crippen molar-refractivity contribution < 1.29 is 9.84 Å². The molecule has 84 valence electrons. The van der Waals surface area contributed by atoms with Gasteiger partial charge in [-0.1, -0.05) is 0 Å². The fourth-order valence-electron chi connectivity index (χ4n) is 1.17. The molecule has 2 rings (SSSR count). The molecule has 16 heavy (non-hydrogen) atoms. The maximum atomic E-state index is 9.40. The van der Waals surface area contributed by atoms with Crippen molar-refractivity contribution in [3.8, 4) is 16.6 Å². The Balaban J connectivity index is 2.34. The van der Waals surface area contributed by atoms with E-state index in [4.69, 9.17) is 4.74 Å². The lowest BCUT2D eigenvalue weighted by atomic mass is 10.4. The molecule has 6 heteroatoms. The minimum absolute atomic E-state index is 0.499. The van der Waals surface area contributed by atoms with Gasteiger partial charge in [-0.15, -0.1) is 11.3 Å². The van der Waals surface area contributed by atoms with Gasteiger partial charge in [0, 0.05) is 12.3 Å². The molecule has 2 aromatic rings. The minimum Gasteiger partial charge on any atom is -0.481 e. The second-order valence-electron chi connectivity index (χ2n) is 3.19. The molecule has 0 spiro atoms. The van der Waals surface area contributed by atoms with E-state index in [9.17, 15) is 5.11 Å². The minimum atomic E-state index is -0.505. The number of aromatic nitrogens is 3. The Labute approximate surface area is 96.8 Å². The summed E-state index contributed by atoms with van der Waals surface area (Å²) < 4.78 is 5.01. The first-order valence-electron chi connectivity index (χ1n) is 4.71. The SMILES string of the molecule is COc1cc(-c2ncc(C(C)O)s2)ncn1. The number of methoxy groups -OCH3 is 1. The molecule has 2 heterocycles. The molecule has 0 radical (unpaired) electrons. The van der Waals surface area contributed by atoms with Crippen LogP contribution < -0.4 is 4.74 Å². The number of ether oxygens (including phenoxy) is 1. The number of rotatable bonds is 3. The molecule has 5 nitrogen and oxygen atoms in total. The Morgan fingerprint density at radius 3 is 2.81 bits per heavy atom. The van der Waals surface area contributed by atoms with Gasteiger partial charge in [0.25, 0.3) is 0 Å². The largest absolute Gasteiger partial charge is 0.481 e. The number of aliphatic hydroxyl groups is 1. The fraction of sp³-hybridized carbons (Fsp3) is 0.300. The highest BCUT2D eigenvalue weighted by molar-refractivity contribution is 7.15. The molecule has 0 aliphatic carbocycles. The van der Waals surface area contributed by atoms with E-state index in [-0.39, 0.29) is 0 Å². The fourth-order valence-corrected chi connectivity index (χ4v) is 1.99. The van der Waals surface area contributed by atoms with Crippen molar-refractivity contribution in [2.75, 3.05) is 7.11 Å². The predicted octanol–water partition coefficient (Wildman–Crippen LogP) is 1.66. The standard InChI is InChI=1S/C10H11N3O2S/c1-6(14)8-4-11-10(16-8)7-3-9(15-2)13-5-12-7/h3-6,14H,1-2H3. The van der Waals surface area contributed by atoms with Crippen LogP contribution in [0, 0.1) is 0 Å². The van der Waals surface area contributed by atoms with Gasteiger partial charge in [0.15, 0.2) is 0 Å². The van der Waals surface area contributed by atoms with Crippen molar-refractivity contribution in [1.29, 1.82) is 0 Å². The number of hydrogen-bond donors (Lipinski definition) is 1. The van der Waals surface area contributed by atoms with Gasteiger partial charge in [-0.25, -0.2) is 15.0 Å². The van der Waals surface area contributed by atoms with Crippen molar-refractivity contribution in [1.82, 2.24) is 15.0 Å². The van der Waals surface area contributed by atoms with Crippen molar-refractivity contribution in [3.63, 3.8) is 0 Å². The zero-order chi connectivity index (χ0) is 11.5. The van der Waals surface area contributed by atoms with Crippen molar-refractivity contribution in [2.24, 2.45) is 0 Å². The van der Waals surface area contributed by atoms with E-state index in [0.29, 0.717) is 11.6 Å². The molecular weight excluding hydrogens is 226 g/mol. The maximum absolute atomic E-state index is 9.40. The van der Waals surface area contributed by atoms with Gasteiger partial charge in [0.1, 0.15) is 17.0 Å². The lowest BCUT2D eigenvalue weighted by Crippen LogP contribution is -1.90. The molecule has 0 saturated heterocycles. The molecule has 2 aromatic heterocycles. The molecule has 0 amide bonds. The first kappa shape index (κ1) is 11.0. The van der Waals surface area contributed by atoms with Crippen LogP contribution in [0.15, 0.2) is 18.6 Å². The highest BCUT2D eigenvalue weighted by Crippen LogP contribution is 2.28. The highest BCUT2D eigenvalue weighted by Gasteiger charge is 2.10. The summed E-state index contributed by atoms with van der Waals surface area (Å²) in [7, 11) is 1.55. The lowest BCUT2D eigenvalue weighted by molar-refractivity contribution is 0.203. The van der Waals surface area contributed by atoms with E-state index in [0.717, 1.165) is 9.88 Å². The van der Waals surface area contributed by atoms with E-state index >= 15 is 0 Å². The summed E-state index contributed by atoms with van der Waals surface area (Å²) in [5.41, 5.74) is 0.698. The number of aliphatic hydroxyl groups excluding tert-OH is 1. The number of hydrogen-bond acceptors (Lipinski definition) is 6. The van der Waals surface area contributed by atoms with Crippen molar-refractivity contribution in [2.45, 2.75) is 13.0 Å². The van der Waals surface area contributed by atoms with Crippen LogP contribution in [-0.4, -0.2) is 27.2 Å². The lowest BCUT2D eigenvalue weighted by Gasteiger charge is -1.99. The van der Waals surface area contributed by atoms with Gasteiger partial charge >= 0.3 is 0 Å². The van der Waals surface area contributed by atoms with Gasteiger partial charge in [-0.2, -0.15) is 0 Å². The molecular formula is C10H11N3O2S. The molecule has 1 N–H and O–H groups in total. The summed E-state index contributed by atoms with van der Waals surface area (Å²) in [6.45, 7) is 1.71. The third kappa shape index (κ3) is 2.17. The van der Waals surface area contributed by atoms with Gasteiger partial charge < -0.3 is 9.84 Å². The quantitative estimate of drug-likeness (QED) is 0.879. The smallest absolute Gasteiger partial charge is 0.216 e. The zero-order valence-corrected chi connectivity index (χ0v) is 9.73. The van der Waals surface area contributed by atoms with Crippen LogP contribution in [0.25, 0.3) is 10.7 Å². The van der Waals surface area contributed by atoms with E-state index in [2.05, 4.69) is 15.0 Å². The third-order valence-electron chi connectivity index (χ3n) is 2.01. The van der Waals surface area contributed by atoms with Crippen LogP contribution in [0.3, 0.4) is 0 Å². The van der Waals surface area contributed by atoms with Gasteiger partial charge in [0.2, 0.25) is 5.88 Å². The molecule has 0 bridgehead atoms. The Morgan fingerprint density at radius 2 is 2.19 bits per heavy atom. The summed E-state index contributed by atoms with van der Waals surface area (Å²) in [5, 5.41) is 10.1. The Morgan fingerprint density at radius 1 is 1.38 bits per heavy atom. The predicted molar refractivity (Wildman–Crippen MR) is 60.3 cm³/mol. The van der Waals surface area contributed by atoms with Crippen LogP contribution in [0.4, 0.5) is 0 Å². The van der Waals surface area contributed by atoms with Gasteiger partial charge in [-0.3, -0.25) is 0 Å². The second-order valence-corrected chi connectivity index (χ2v) is 4.25. The van der Waals surface area contributed by atoms with E-state index < -0.39 is 6.10 Å². The van der Waals surface area contributed by atoms with E-state index in [1.165, 1.54) is 17.7 Å². The molecule has 1 unspecified atom stereocenters. The average molecular weight is 237 g/mol. The topological polar surface area (TPSA) is 68.1 Å².